The summed E-state index contributed by atoms with van der Waals surface area (Å²) in [5, 5.41) is 9.84. The number of hydrogen-bond donors (Lipinski definition) is 1. The van der Waals surface area contributed by atoms with Gasteiger partial charge in [0.05, 0.1) is 24.9 Å². The number of halogens is 1. The summed E-state index contributed by atoms with van der Waals surface area (Å²) in [4.78, 5) is 16.8. The average Bonchev–Trinajstić information content (AvgIpc) is 3.54. The lowest BCUT2D eigenvalue weighted by Gasteiger charge is -2.34. The maximum atomic E-state index is 13.4. The van der Waals surface area contributed by atoms with Crippen LogP contribution in [0, 0.1) is 5.82 Å². The number of carbonyl (C=O) groups is 1. The SMILES string of the molecule is O=C(NCC(c1cccs1)N1CCOCC1)c1nn(-c2ccc(F)cc2)c2c1CCC2. The van der Waals surface area contributed by atoms with E-state index in [4.69, 9.17) is 4.74 Å². The van der Waals surface area contributed by atoms with E-state index in [2.05, 4.69) is 26.8 Å². The smallest absolute Gasteiger partial charge is 0.272 e. The lowest BCUT2D eigenvalue weighted by molar-refractivity contribution is 0.0169. The number of fused-ring (bicyclic) bond motifs is 1. The van der Waals surface area contributed by atoms with Gasteiger partial charge < -0.3 is 10.1 Å². The molecule has 3 aromatic rings. The summed E-state index contributed by atoms with van der Waals surface area (Å²) in [6, 6.07) is 10.5. The highest BCUT2D eigenvalue weighted by atomic mass is 32.1. The Kier molecular flexibility index (Phi) is 5.85. The normalized spacial score (nSPS) is 17.5. The number of amides is 1. The van der Waals surface area contributed by atoms with Crippen LogP contribution in [0.2, 0.25) is 0 Å². The van der Waals surface area contributed by atoms with Crippen molar-refractivity contribution in [2.75, 3.05) is 32.8 Å². The minimum Gasteiger partial charge on any atom is -0.379 e. The van der Waals surface area contributed by atoms with Gasteiger partial charge in [-0.15, -0.1) is 11.3 Å². The molecule has 1 atom stereocenters. The maximum Gasteiger partial charge on any atom is 0.272 e. The van der Waals surface area contributed by atoms with E-state index in [9.17, 15) is 9.18 Å². The number of nitrogens with one attached hydrogen (secondary N) is 1. The summed E-state index contributed by atoms with van der Waals surface area (Å²) in [6.07, 6.45) is 2.72. The first-order valence-corrected chi connectivity index (χ1v) is 11.6. The molecular weight excluding hydrogens is 415 g/mol. The van der Waals surface area contributed by atoms with Gasteiger partial charge in [-0.3, -0.25) is 9.69 Å². The van der Waals surface area contributed by atoms with Crippen LogP contribution in [0.3, 0.4) is 0 Å². The first-order chi connectivity index (χ1) is 15.2. The number of thiophene rings is 1. The molecule has 6 nitrogen and oxygen atoms in total. The number of carbonyl (C=O) groups excluding carboxylic acids is 1. The average molecular weight is 441 g/mol. The molecular formula is C23H25FN4O2S. The van der Waals surface area contributed by atoms with E-state index in [-0.39, 0.29) is 17.8 Å². The molecule has 0 radical (unpaired) electrons. The van der Waals surface area contributed by atoms with Crippen LogP contribution in [0.5, 0.6) is 0 Å². The minimum atomic E-state index is -0.284. The monoisotopic (exact) mass is 440 g/mol. The molecule has 5 rings (SSSR count). The topological polar surface area (TPSA) is 59.4 Å². The zero-order valence-electron chi connectivity index (χ0n) is 17.2. The summed E-state index contributed by atoms with van der Waals surface area (Å²) in [5.74, 6) is -0.429. The summed E-state index contributed by atoms with van der Waals surface area (Å²) >= 11 is 1.71. The predicted octanol–water partition coefficient (Wildman–Crippen LogP) is 3.36. The highest BCUT2D eigenvalue weighted by Gasteiger charge is 2.29. The zero-order chi connectivity index (χ0) is 21.2. The van der Waals surface area contributed by atoms with E-state index in [0.29, 0.717) is 25.5 Å². The van der Waals surface area contributed by atoms with E-state index in [1.807, 2.05) is 6.07 Å². The molecule has 31 heavy (non-hydrogen) atoms. The Balaban J connectivity index is 1.36. The molecule has 0 bridgehead atoms. The van der Waals surface area contributed by atoms with Gasteiger partial charge in [-0.25, -0.2) is 9.07 Å². The second kappa shape index (κ2) is 8.90. The van der Waals surface area contributed by atoms with Gasteiger partial charge in [0.25, 0.3) is 5.91 Å². The van der Waals surface area contributed by atoms with Crippen LogP contribution in [-0.2, 0) is 17.6 Å². The van der Waals surface area contributed by atoms with Gasteiger partial charge >= 0.3 is 0 Å². The van der Waals surface area contributed by atoms with Crippen molar-refractivity contribution in [1.82, 2.24) is 20.0 Å². The Morgan fingerprint density at radius 1 is 1.19 bits per heavy atom. The third-order valence-electron chi connectivity index (χ3n) is 6.03. The molecule has 1 saturated heterocycles. The lowest BCUT2D eigenvalue weighted by Crippen LogP contribution is -2.43. The van der Waals surface area contributed by atoms with Crippen LogP contribution in [-0.4, -0.2) is 53.4 Å². The first kappa shape index (κ1) is 20.4. The molecule has 1 amide bonds. The standard InChI is InChI=1S/C23H25FN4O2S/c24-16-6-8-17(9-7-16)28-19-4-1-3-18(19)22(26-28)23(29)25-15-20(21-5-2-14-31-21)27-10-12-30-13-11-27/h2,5-9,14,20H,1,3-4,10-13,15H2,(H,25,29). The van der Waals surface area contributed by atoms with E-state index in [0.717, 1.165) is 49.3 Å². The van der Waals surface area contributed by atoms with Crippen molar-refractivity contribution in [2.45, 2.75) is 25.3 Å². The molecule has 1 aliphatic heterocycles. The van der Waals surface area contributed by atoms with Crippen molar-refractivity contribution in [3.8, 4) is 5.69 Å². The van der Waals surface area contributed by atoms with E-state index in [1.165, 1.54) is 17.0 Å². The predicted molar refractivity (Wildman–Crippen MR) is 117 cm³/mol. The number of nitrogens with zero attached hydrogens (tertiary/aromatic N) is 3. The Bertz CT molecular complexity index is 1040. The van der Waals surface area contributed by atoms with Crippen molar-refractivity contribution < 1.29 is 13.9 Å². The fraction of sp³-hybridized carbons (Fsp3) is 0.391. The number of aromatic nitrogens is 2. The van der Waals surface area contributed by atoms with Crippen molar-refractivity contribution in [1.29, 1.82) is 0 Å². The molecule has 1 aromatic carbocycles. The van der Waals surface area contributed by atoms with Gasteiger partial charge in [0.15, 0.2) is 5.69 Å². The zero-order valence-corrected chi connectivity index (χ0v) is 18.0. The van der Waals surface area contributed by atoms with Crippen LogP contribution in [0.15, 0.2) is 41.8 Å². The van der Waals surface area contributed by atoms with Crippen molar-refractivity contribution in [3.05, 3.63) is 69.4 Å². The van der Waals surface area contributed by atoms with Crippen LogP contribution in [0.4, 0.5) is 4.39 Å². The second-order valence-electron chi connectivity index (χ2n) is 7.91. The molecule has 1 unspecified atom stereocenters. The van der Waals surface area contributed by atoms with Gasteiger partial charge in [-0.05, 0) is 55.0 Å². The molecule has 1 fully saturated rings. The molecule has 162 valence electrons. The van der Waals surface area contributed by atoms with Gasteiger partial charge in [0.1, 0.15) is 5.82 Å². The first-order valence-electron chi connectivity index (χ1n) is 10.7. The van der Waals surface area contributed by atoms with Gasteiger partial charge in [-0.2, -0.15) is 5.10 Å². The van der Waals surface area contributed by atoms with Crippen LogP contribution >= 0.6 is 11.3 Å². The molecule has 2 aromatic heterocycles. The highest BCUT2D eigenvalue weighted by molar-refractivity contribution is 7.10. The third kappa shape index (κ3) is 4.15. The molecule has 1 N–H and O–H groups in total. The van der Waals surface area contributed by atoms with E-state index in [1.54, 1.807) is 28.2 Å². The largest absolute Gasteiger partial charge is 0.379 e. The fourth-order valence-electron chi connectivity index (χ4n) is 4.47. The summed E-state index contributed by atoms with van der Waals surface area (Å²) in [7, 11) is 0. The van der Waals surface area contributed by atoms with Crippen LogP contribution in [0.1, 0.15) is 39.1 Å². The van der Waals surface area contributed by atoms with E-state index < -0.39 is 0 Å². The van der Waals surface area contributed by atoms with Gasteiger partial charge in [0.2, 0.25) is 0 Å². The highest BCUT2D eigenvalue weighted by Crippen LogP contribution is 2.29. The Labute approximate surface area is 184 Å². The maximum absolute atomic E-state index is 13.4. The van der Waals surface area contributed by atoms with Crippen molar-refractivity contribution in [2.24, 2.45) is 0 Å². The molecule has 1 aliphatic carbocycles. The molecule has 0 saturated carbocycles. The van der Waals surface area contributed by atoms with Crippen molar-refractivity contribution in [3.63, 3.8) is 0 Å². The number of morpholine rings is 1. The summed E-state index contributed by atoms with van der Waals surface area (Å²) < 4.78 is 20.7. The minimum absolute atomic E-state index is 0.125. The number of ether oxygens (including phenoxy) is 1. The number of rotatable bonds is 6. The Hall–Kier alpha value is -2.55. The summed E-state index contributed by atoms with van der Waals surface area (Å²) in [5.41, 5.74) is 3.34. The molecule has 3 heterocycles. The lowest BCUT2D eigenvalue weighted by atomic mass is 10.1. The Morgan fingerprint density at radius 3 is 2.74 bits per heavy atom. The third-order valence-corrected chi connectivity index (χ3v) is 7.00. The number of hydrogen-bond acceptors (Lipinski definition) is 5. The summed E-state index contributed by atoms with van der Waals surface area (Å²) in [6.45, 7) is 3.66. The quantitative estimate of drug-likeness (QED) is 0.639. The molecule has 8 heteroatoms. The van der Waals surface area contributed by atoms with Gasteiger partial charge in [0, 0.05) is 35.8 Å². The van der Waals surface area contributed by atoms with Crippen LogP contribution < -0.4 is 5.32 Å². The van der Waals surface area contributed by atoms with Crippen LogP contribution in [0.25, 0.3) is 5.69 Å². The van der Waals surface area contributed by atoms with Gasteiger partial charge in [-0.1, -0.05) is 6.07 Å². The fourth-order valence-corrected chi connectivity index (χ4v) is 5.33. The Morgan fingerprint density at radius 2 is 2.00 bits per heavy atom. The number of benzene rings is 1. The molecule has 0 spiro atoms. The van der Waals surface area contributed by atoms with E-state index >= 15 is 0 Å². The second-order valence-corrected chi connectivity index (χ2v) is 8.88. The molecule has 2 aliphatic rings. The van der Waals surface area contributed by atoms with Crippen molar-refractivity contribution >= 4 is 17.2 Å².